The molecule has 1 aromatic carbocycles. The highest BCUT2D eigenvalue weighted by atomic mass is 79.9. The molecule has 1 aliphatic heterocycles. The van der Waals surface area contributed by atoms with Crippen LogP contribution in [-0.2, 0) is 9.53 Å². The molecular formula is C13H15BrClNO2. The molecule has 1 aliphatic rings. The summed E-state index contributed by atoms with van der Waals surface area (Å²) in [5.74, 6) is -0.0275. The van der Waals surface area contributed by atoms with Gasteiger partial charge in [0.25, 0.3) is 0 Å². The van der Waals surface area contributed by atoms with Gasteiger partial charge in [-0.25, -0.2) is 0 Å². The molecule has 2 rings (SSSR count). The first kappa shape index (κ1) is 13.8. The Kier molecular flexibility index (Phi) is 5.03. The maximum absolute atomic E-state index is 11.8. The van der Waals surface area contributed by atoms with E-state index in [1.807, 2.05) is 12.1 Å². The first-order valence-electron chi connectivity index (χ1n) is 6.01. The minimum Gasteiger partial charge on any atom is -0.378 e. The van der Waals surface area contributed by atoms with Gasteiger partial charge >= 0.3 is 0 Å². The number of carbonyl (C=O) groups is 1. The Morgan fingerprint density at radius 3 is 3.00 bits per heavy atom. The number of amides is 1. The predicted octanol–water partition coefficient (Wildman–Crippen LogP) is 4.00. The summed E-state index contributed by atoms with van der Waals surface area (Å²) in [6.45, 7) is 0.766. The van der Waals surface area contributed by atoms with E-state index in [4.69, 9.17) is 16.3 Å². The summed E-state index contributed by atoms with van der Waals surface area (Å²) in [5.41, 5.74) is 0.712. The van der Waals surface area contributed by atoms with Crippen LogP contribution < -0.4 is 5.32 Å². The van der Waals surface area contributed by atoms with E-state index in [0.29, 0.717) is 17.1 Å². The second-order valence-corrected chi connectivity index (χ2v) is 5.63. The summed E-state index contributed by atoms with van der Waals surface area (Å²) in [5, 5.41) is 3.42. The molecule has 1 unspecified atom stereocenters. The molecule has 1 heterocycles. The summed E-state index contributed by atoms with van der Waals surface area (Å²) in [6, 6.07) is 5.36. The van der Waals surface area contributed by atoms with Gasteiger partial charge in [-0.05, 0) is 53.4 Å². The number of rotatable bonds is 3. The van der Waals surface area contributed by atoms with E-state index in [9.17, 15) is 4.79 Å². The first-order chi connectivity index (χ1) is 8.65. The number of carbonyl (C=O) groups excluding carboxylic acids is 1. The lowest BCUT2D eigenvalue weighted by atomic mass is 10.1. The maximum atomic E-state index is 11.8. The van der Waals surface area contributed by atoms with Gasteiger partial charge in [-0.15, -0.1) is 0 Å². The average molecular weight is 333 g/mol. The fourth-order valence-electron chi connectivity index (χ4n) is 1.96. The third-order valence-corrected chi connectivity index (χ3v) is 4.12. The number of nitrogens with one attached hydrogen (secondary N) is 1. The van der Waals surface area contributed by atoms with Crippen LogP contribution >= 0.6 is 27.5 Å². The standard InChI is InChI=1S/C13H15BrClNO2/c14-11-5-4-9(7-12(11)15)16-13(17)8-10-3-1-2-6-18-10/h4-5,7,10H,1-3,6,8H2,(H,16,17). The second kappa shape index (κ2) is 6.55. The quantitative estimate of drug-likeness (QED) is 0.908. The van der Waals surface area contributed by atoms with E-state index in [0.717, 1.165) is 30.3 Å². The van der Waals surface area contributed by atoms with Crippen LogP contribution in [0.25, 0.3) is 0 Å². The van der Waals surface area contributed by atoms with Gasteiger partial charge in [0.1, 0.15) is 0 Å². The molecule has 0 aliphatic carbocycles. The van der Waals surface area contributed by atoms with Crippen molar-refractivity contribution in [2.24, 2.45) is 0 Å². The van der Waals surface area contributed by atoms with E-state index in [1.165, 1.54) is 0 Å². The highest BCUT2D eigenvalue weighted by Gasteiger charge is 2.17. The minimum absolute atomic E-state index is 0.0275. The fraction of sp³-hybridized carbons (Fsp3) is 0.462. The maximum Gasteiger partial charge on any atom is 0.226 e. The van der Waals surface area contributed by atoms with E-state index < -0.39 is 0 Å². The zero-order valence-corrected chi connectivity index (χ0v) is 12.3. The monoisotopic (exact) mass is 331 g/mol. The number of hydrogen-bond donors (Lipinski definition) is 1. The molecule has 1 aromatic rings. The Bertz CT molecular complexity index is 433. The number of ether oxygens (including phenoxy) is 1. The Morgan fingerprint density at radius 2 is 2.33 bits per heavy atom. The number of anilines is 1. The van der Waals surface area contributed by atoms with E-state index in [2.05, 4.69) is 21.2 Å². The molecule has 0 bridgehead atoms. The molecule has 1 saturated heterocycles. The van der Waals surface area contributed by atoms with Crippen molar-refractivity contribution in [3.63, 3.8) is 0 Å². The molecular weight excluding hydrogens is 318 g/mol. The van der Waals surface area contributed by atoms with Gasteiger partial charge in [-0.2, -0.15) is 0 Å². The highest BCUT2D eigenvalue weighted by Crippen LogP contribution is 2.25. The van der Waals surface area contributed by atoms with Gasteiger partial charge in [0, 0.05) is 16.8 Å². The van der Waals surface area contributed by atoms with Crippen molar-refractivity contribution < 1.29 is 9.53 Å². The smallest absolute Gasteiger partial charge is 0.226 e. The molecule has 0 radical (unpaired) electrons. The lowest BCUT2D eigenvalue weighted by molar-refractivity contribution is -0.119. The topological polar surface area (TPSA) is 38.3 Å². The third-order valence-electron chi connectivity index (χ3n) is 2.89. The molecule has 98 valence electrons. The highest BCUT2D eigenvalue weighted by molar-refractivity contribution is 9.10. The second-order valence-electron chi connectivity index (χ2n) is 4.37. The molecule has 0 saturated carbocycles. The first-order valence-corrected chi connectivity index (χ1v) is 7.19. The molecule has 1 amide bonds. The van der Waals surface area contributed by atoms with Gasteiger partial charge in [0.05, 0.1) is 17.5 Å². The molecule has 1 fully saturated rings. The van der Waals surface area contributed by atoms with Crippen LogP contribution in [0.5, 0.6) is 0 Å². The van der Waals surface area contributed by atoms with Crippen LogP contribution in [0, 0.1) is 0 Å². The van der Waals surface area contributed by atoms with E-state index in [-0.39, 0.29) is 12.0 Å². The Labute approximate surface area is 120 Å². The Hall–Kier alpha value is -0.580. The zero-order valence-electron chi connectivity index (χ0n) is 9.92. The Balaban J connectivity index is 1.88. The van der Waals surface area contributed by atoms with E-state index >= 15 is 0 Å². The van der Waals surface area contributed by atoms with Gasteiger partial charge in [0.2, 0.25) is 5.91 Å². The van der Waals surface area contributed by atoms with Crippen LogP contribution in [0.15, 0.2) is 22.7 Å². The van der Waals surface area contributed by atoms with Crippen molar-refractivity contribution in [2.75, 3.05) is 11.9 Å². The summed E-state index contributed by atoms with van der Waals surface area (Å²) in [6.07, 6.45) is 3.68. The third kappa shape index (κ3) is 3.97. The van der Waals surface area contributed by atoms with Crippen LogP contribution in [-0.4, -0.2) is 18.6 Å². The van der Waals surface area contributed by atoms with Gasteiger partial charge < -0.3 is 10.1 Å². The van der Waals surface area contributed by atoms with Crippen LogP contribution in [0.4, 0.5) is 5.69 Å². The summed E-state index contributed by atoms with van der Waals surface area (Å²) in [4.78, 5) is 11.8. The van der Waals surface area contributed by atoms with Gasteiger partial charge in [-0.3, -0.25) is 4.79 Å². The fourth-order valence-corrected chi connectivity index (χ4v) is 2.39. The Morgan fingerprint density at radius 1 is 1.50 bits per heavy atom. The molecule has 1 atom stereocenters. The number of hydrogen-bond acceptors (Lipinski definition) is 2. The van der Waals surface area contributed by atoms with Crippen LogP contribution in [0.2, 0.25) is 5.02 Å². The van der Waals surface area contributed by atoms with Crippen molar-refractivity contribution in [1.82, 2.24) is 0 Å². The molecule has 18 heavy (non-hydrogen) atoms. The molecule has 5 heteroatoms. The summed E-state index contributed by atoms with van der Waals surface area (Å²) >= 11 is 9.28. The van der Waals surface area contributed by atoms with Crippen molar-refractivity contribution in [1.29, 1.82) is 0 Å². The minimum atomic E-state index is -0.0275. The normalized spacial score (nSPS) is 19.6. The van der Waals surface area contributed by atoms with Crippen molar-refractivity contribution in [2.45, 2.75) is 31.8 Å². The predicted molar refractivity (Wildman–Crippen MR) is 76.0 cm³/mol. The zero-order chi connectivity index (χ0) is 13.0. The van der Waals surface area contributed by atoms with Gasteiger partial charge in [-0.1, -0.05) is 11.6 Å². The molecule has 1 N–H and O–H groups in total. The summed E-state index contributed by atoms with van der Waals surface area (Å²) < 4.78 is 6.35. The molecule has 0 spiro atoms. The molecule has 0 aromatic heterocycles. The summed E-state index contributed by atoms with van der Waals surface area (Å²) in [7, 11) is 0. The SMILES string of the molecule is O=C(CC1CCCCO1)Nc1ccc(Br)c(Cl)c1. The van der Waals surface area contributed by atoms with Crippen molar-refractivity contribution >= 4 is 39.1 Å². The number of halogens is 2. The average Bonchev–Trinajstić information content (AvgIpc) is 2.35. The number of benzene rings is 1. The lowest BCUT2D eigenvalue weighted by Gasteiger charge is -2.21. The van der Waals surface area contributed by atoms with Crippen LogP contribution in [0.3, 0.4) is 0 Å². The molecule has 3 nitrogen and oxygen atoms in total. The van der Waals surface area contributed by atoms with E-state index in [1.54, 1.807) is 6.07 Å². The van der Waals surface area contributed by atoms with Crippen molar-refractivity contribution in [3.05, 3.63) is 27.7 Å². The van der Waals surface area contributed by atoms with Gasteiger partial charge in [0.15, 0.2) is 0 Å². The van der Waals surface area contributed by atoms with Crippen LogP contribution in [0.1, 0.15) is 25.7 Å². The lowest BCUT2D eigenvalue weighted by Crippen LogP contribution is -2.25. The largest absolute Gasteiger partial charge is 0.378 e. The van der Waals surface area contributed by atoms with Crippen molar-refractivity contribution in [3.8, 4) is 0 Å².